The van der Waals surface area contributed by atoms with Gasteiger partial charge >= 0.3 is 6.18 Å². The smallest absolute Gasteiger partial charge is 0.416 e. The Hall–Kier alpha value is -3.16. The van der Waals surface area contributed by atoms with Crippen LogP contribution in [0.3, 0.4) is 0 Å². The molecule has 0 amide bonds. The van der Waals surface area contributed by atoms with E-state index in [9.17, 15) is 18.0 Å². The molecule has 3 aromatic rings. The average molecular weight is 511 g/mol. The second kappa shape index (κ2) is 11.5. The number of halogens is 3. The van der Waals surface area contributed by atoms with Crippen molar-refractivity contribution in [1.82, 2.24) is 9.80 Å². The minimum absolute atomic E-state index is 0.0938. The van der Waals surface area contributed by atoms with Crippen LogP contribution in [0, 0.1) is 0 Å². The van der Waals surface area contributed by atoms with Gasteiger partial charge in [-0.05, 0) is 40.8 Å². The zero-order valence-corrected chi connectivity index (χ0v) is 21.5. The van der Waals surface area contributed by atoms with E-state index in [4.69, 9.17) is 4.74 Å². The van der Waals surface area contributed by atoms with Crippen LogP contribution in [-0.2, 0) is 12.7 Å². The van der Waals surface area contributed by atoms with Crippen LogP contribution in [0.2, 0.25) is 0 Å². The molecule has 0 radical (unpaired) electrons. The van der Waals surface area contributed by atoms with Crippen LogP contribution in [0.25, 0.3) is 0 Å². The first-order valence-corrected chi connectivity index (χ1v) is 12.6. The van der Waals surface area contributed by atoms with Crippen molar-refractivity contribution in [3.63, 3.8) is 0 Å². The van der Waals surface area contributed by atoms with Gasteiger partial charge in [0.1, 0.15) is 0 Å². The van der Waals surface area contributed by atoms with Gasteiger partial charge in [-0.15, -0.1) is 0 Å². The second-order valence-electron chi connectivity index (χ2n) is 9.80. The predicted molar refractivity (Wildman–Crippen MR) is 140 cm³/mol. The molecule has 196 valence electrons. The van der Waals surface area contributed by atoms with Crippen molar-refractivity contribution in [3.05, 3.63) is 111 Å². The fourth-order valence-electron chi connectivity index (χ4n) is 4.86. The summed E-state index contributed by atoms with van der Waals surface area (Å²) in [7, 11) is 1.52. The number of ether oxygens (including phenoxy) is 1. The molecule has 4 nitrogen and oxygen atoms in total. The molecule has 0 saturated carbocycles. The number of alkyl halides is 3. The third-order valence-corrected chi connectivity index (χ3v) is 7.01. The van der Waals surface area contributed by atoms with Crippen molar-refractivity contribution in [2.75, 3.05) is 33.3 Å². The zero-order chi connectivity index (χ0) is 26.6. The van der Waals surface area contributed by atoms with Gasteiger partial charge in [-0.25, -0.2) is 0 Å². The molecule has 0 aromatic heterocycles. The van der Waals surface area contributed by atoms with Gasteiger partial charge in [0, 0.05) is 38.3 Å². The van der Waals surface area contributed by atoms with Crippen LogP contribution < -0.4 is 10.2 Å². The van der Waals surface area contributed by atoms with Gasteiger partial charge in [-0.1, -0.05) is 68.4 Å². The van der Waals surface area contributed by atoms with Crippen LogP contribution in [0.15, 0.2) is 77.6 Å². The summed E-state index contributed by atoms with van der Waals surface area (Å²) < 4.78 is 44.8. The first-order valence-electron chi connectivity index (χ1n) is 12.6. The fraction of sp³-hybridized carbons (Fsp3) is 0.367. The molecule has 1 aliphatic heterocycles. The lowest BCUT2D eigenvalue weighted by Gasteiger charge is -2.39. The Balaban J connectivity index is 1.53. The SMILES string of the molecule is COc1cc(C(C)C)ccc(CN2CCN(C(c3ccccc3)c3ccc(C(F)(F)F)cc3)CC2)c1=O. The van der Waals surface area contributed by atoms with Gasteiger partial charge in [-0.3, -0.25) is 14.6 Å². The van der Waals surface area contributed by atoms with Gasteiger partial charge in [-0.2, -0.15) is 13.2 Å². The van der Waals surface area contributed by atoms with Gasteiger partial charge in [0.25, 0.3) is 0 Å². The third-order valence-electron chi connectivity index (χ3n) is 7.01. The molecule has 37 heavy (non-hydrogen) atoms. The molecular weight excluding hydrogens is 477 g/mol. The molecule has 0 aliphatic carbocycles. The molecular formula is C30H33F3N2O2. The molecule has 0 bridgehead atoms. The van der Waals surface area contributed by atoms with Gasteiger partial charge in [0.15, 0.2) is 5.75 Å². The Morgan fingerprint density at radius 2 is 1.43 bits per heavy atom. The van der Waals surface area contributed by atoms with Crippen LogP contribution in [0.4, 0.5) is 13.2 Å². The zero-order valence-electron chi connectivity index (χ0n) is 21.5. The summed E-state index contributed by atoms with van der Waals surface area (Å²) in [5, 5.41) is 0. The van der Waals surface area contributed by atoms with Crippen LogP contribution in [0.1, 0.15) is 53.6 Å². The number of methoxy groups -OCH3 is 1. The van der Waals surface area contributed by atoms with E-state index in [0.29, 0.717) is 17.9 Å². The summed E-state index contributed by atoms with van der Waals surface area (Å²) in [5.41, 5.74) is 2.87. The molecule has 1 heterocycles. The lowest BCUT2D eigenvalue weighted by atomic mass is 9.95. The third kappa shape index (κ3) is 6.40. The van der Waals surface area contributed by atoms with E-state index in [1.54, 1.807) is 12.1 Å². The number of hydrogen-bond donors (Lipinski definition) is 0. The largest absolute Gasteiger partial charge is 0.493 e. The molecule has 0 spiro atoms. The van der Waals surface area contributed by atoms with Crippen molar-refractivity contribution < 1.29 is 17.9 Å². The molecule has 1 saturated heterocycles. The maximum atomic E-state index is 13.1. The fourth-order valence-corrected chi connectivity index (χ4v) is 4.86. The van der Waals surface area contributed by atoms with Crippen LogP contribution in [-0.4, -0.2) is 43.1 Å². The predicted octanol–water partition coefficient (Wildman–Crippen LogP) is 6.10. The molecule has 7 heteroatoms. The van der Waals surface area contributed by atoms with Crippen LogP contribution >= 0.6 is 0 Å². The maximum absolute atomic E-state index is 13.1. The normalized spacial score (nSPS) is 16.1. The van der Waals surface area contributed by atoms with Gasteiger partial charge < -0.3 is 4.74 Å². The first kappa shape index (κ1) is 26.9. The highest BCUT2D eigenvalue weighted by molar-refractivity contribution is 5.35. The Morgan fingerprint density at radius 3 is 2.00 bits per heavy atom. The van der Waals surface area contributed by atoms with E-state index < -0.39 is 11.7 Å². The molecule has 4 rings (SSSR count). The summed E-state index contributed by atoms with van der Waals surface area (Å²) in [4.78, 5) is 17.6. The van der Waals surface area contributed by atoms with Crippen molar-refractivity contribution in [2.45, 2.75) is 38.5 Å². The summed E-state index contributed by atoms with van der Waals surface area (Å²) in [6, 6.07) is 20.9. The highest BCUT2D eigenvalue weighted by Crippen LogP contribution is 2.34. The topological polar surface area (TPSA) is 32.8 Å². The Labute approximate surface area is 216 Å². The molecule has 0 N–H and O–H groups in total. The van der Waals surface area contributed by atoms with E-state index in [1.807, 2.05) is 48.5 Å². The molecule has 1 unspecified atom stereocenters. The van der Waals surface area contributed by atoms with Gasteiger partial charge in [0.05, 0.1) is 18.7 Å². The summed E-state index contributed by atoms with van der Waals surface area (Å²) in [5.74, 6) is 0.631. The maximum Gasteiger partial charge on any atom is 0.416 e. The Kier molecular flexibility index (Phi) is 8.35. The second-order valence-corrected chi connectivity index (χ2v) is 9.80. The molecule has 3 aromatic carbocycles. The molecule has 1 aliphatic rings. The molecule has 1 fully saturated rings. The minimum atomic E-state index is -4.36. The first-order chi connectivity index (χ1) is 17.7. The number of piperazine rings is 1. The summed E-state index contributed by atoms with van der Waals surface area (Å²) in [6.07, 6.45) is -4.36. The van der Waals surface area contributed by atoms with Crippen molar-refractivity contribution in [2.24, 2.45) is 0 Å². The van der Waals surface area contributed by atoms with Crippen LogP contribution in [0.5, 0.6) is 5.75 Å². The lowest BCUT2D eigenvalue weighted by molar-refractivity contribution is -0.137. The van der Waals surface area contributed by atoms with E-state index >= 15 is 0 Å². The quantitative estimate of drug-likeness (QED) is 0.384. The monoisotopic (exact) mass is 510 g/mol. The number of benzene rings is 2. The van der Waals surface area contributed by atoms with E-state index in [0.717, 1.165) is 55.0 Å². The Morgan fingerprint density at radius 1 is 0.838 bits per heavy atom. The minimum Gasteiger partial charge on any atom is -0.493 e. The van der Waals surface area contributed by atoms with Crippen molar-refractivity contribution >= 4 is 0 Å². The highest BCUT2D eigenvalue weighted by Gasteiger charge is 2.31. The Bertz CT molecular complexity index is 1240. The van der Waals surface area contributed by atoms with Gasteiger partial charge in [0.2, 0.25) is 5.43 Å². The van der Waals surface area contributed by atoms with E-state index in [1.165, 1.54) is 7.11 Å². The van der Waals surface area contributed by atoms with E-state index in [2.05, 4.69) is 23.6 Å². The number of rotatable bonds is 7. The summed E-state index contributed by atoms with van der Waals surface area (Å²) >= 11 is 0. The van der Waals surface area contributed by atoms with E-state index in [-0.39, 0.29) is 17.4 Å². The standard InChI is InChI=1S/C30H33F3N2O2/c1-21(2)24-9-10-25(29(36)27(19-24)37-3)20-34-15-17-35(18-16-34)28(22-7-5-4-6-8-22)23-11-13-26(14-12-23)30(31,32)33/h4-14,19,21,28H,15-18,20H2,1-3H3. The lowest BCUT2D eigenvalue weighted by Crippen LogP contribution is -2.47. The van der Waals surface area contributed by atoms with Crippen molar-refractivity contribution in [1.29, 1.82) is 0 Å². The number of hydrogen-bond acceptors (Lipinski definition) is 4. The average Bonchev–Trinajstić information content (AvgIpc) is 3.04. The molecule has 1 atom stereocenters. The number of nitrogens with zero attached hydrogens (tertiary/aromatic N) is 2. The highest BCUT2D eigenvalue weighted by atomic mass is 19.4. The van der Waals surface area contributed by atoms with Crippen molar-refractivity contribution in [3.8, 4) is 5.75 Å². The summed E-state index contributed by atoms with van der Waals surface area (Å²) in [6.45, 7) is 7.61.